The molecule has 0 unspecified atom stereocenters. The Bertz CT molecular complexity index is 417. The van der Waals surface area contributed by atoms with Gasteiger partial charge in [-0.15, -0.1) is 0 Å². The lowest BCUT2D eigenvalue weighted by atomic mass is 10.2. The minimum atomic E-state index is -0.0167. The summed E-state index contributed by atoms with van der Waals surface area (Å²) < 4.78 is 0. The van der Waals surface area contributed by atoms with Gasteiger partial charge in [-0.2, -0.15) is 0 Å². The third-order valence-electron chi connectivity index (χ3n) is 2.67. The van der Waals surface area contributed by atoms with Crippen LogP contribution in [0.5, 0.6) is 0 Å². The van der Waals surface area contributed by atoms with Crippen molar-refractivity contribution in [3.63, 3.8) is 0 Å². The average molecular weight is 284 g/mol. The number of nitrogen functional groups attached to an aromatic ring is 1. The Morgan fingerprint density at radius 2 is 2.16 bits per heavy atom. The molecular weight excluding hydrogens is 260 g/mol. The zero-order valence-corrected chi connectivity index (χ0v) is 13.0. The fraction of sp³-hybridized carbons (Fsp3) is 0.692. The number of nitrogens with one attached hydrogen (secondary N) is 1. The van der Waals surface area contributed by atoms with Crippen molar-refractivity contribution in [1.29, 1.82) is 0 Å². The van der Waals surface area contributed by atoms with E-state index in [4.69, 9.17) is 5.73 Å². The summed E-state index contributed by atoms with van der Waals surface area (Å²) in [6.45, 7) is 10.5. The van der Waals surface area contributed by atoms with Crippen LogP contribution in [0.3, 0.4) is 0 Å². The van der Waals surface area contributed by atoms with E-state index in [1.807, 2.05) is 6.92 Å². The average Bonchev–Trinajstić information content (AvgIpc) is 2.74. The van der Waals surface area contributed by atoms with Crippen molar-refractivity contribution in [2.45, 2.75) is 34.1 Å². The Balaban J connectivity index is 2.79. The van der Waals surface area contributed by atoms with Gasteiger partial charge in [0.1, 0.15) is 10.7 Å². The Labute approximate surface area is 119 Å². The van der Waals surface area contributed by atoms with E-state index in [0.29, 0.717) is 23.2 Å². The van der Waals surface area contributed by atoms with Crippen LogP contribution >= 0.6 is 11.3 Å². The summed E-state index contributed by atoms with van der Waals surface area (Å²) in [6, 6.07) is 0. The van der Waals surface area contributed by atoms with E-state index >= 15 is 0 Å². The molecule has 1 rings (SSSR count). The van der Waals surface area contributed by atoms with Crippen molar-refractivity contribution in [2.75, 3.05) is 30.7 Å². The molecule has 1 amide bonds. The number of thiazole rings is 1. The van der Waals surface area contributed by atoms with Crippen molar-refractivity contribution in [1.82, 2.24) is 9.88 Å². The number of amides is 1. The standard InChI is InChI=1S/C13H24N4OS/c1-5-7-17(6-2)12(18)10-11(14)16-13(19-10)15-8-9(3)4/h9H,5-8,14H2,1-4H3,(H,15,16). The van der Waals surface area contributed by atoms with Crippen molar-refractivity contribution >= 4 is 28.2 Å². The van der Waals surface area contributed by atoms with E-state index in [1.54, 1.807) is 4.90 Å². The van der Waals surface area contributed by atoms with Gasteiger partial charge in [-0.05, 0) is 19.3 Å². The summed E-state index contributed by atoms with van der Waals surface area (Å²) >= 11 is 1.34. The first kappa shape index (κ1) is 15.8. The highest BCUT2D eigenvalue weighted by Gasteiger charge is 2.20. The lowest BCUT2D eigenvalue weighted by Crippen LogP contribution is -2.31. The molecule has 0 saturated carbocycles. The van der Waals surface area contributed by atoms with E-state index in [2.05, 4.69) is 31.1 Å². The molecule has 3 N–H and O–H groups in total. The normalized spacial score (nSPS) is 10.8. The Hall–Kier alpha value is -1.30. The molecule has 0 aliphatic rings. The highest BCUT2D eigenvalue weighted by atomic mass is 32.1. The maximum Gasteiger partial charge on any atom is 0.267 e. The van der Waals surface area contributed by atoms with Crippen LogP contribution in [0, 0.1) is 5.92 Å². The van der Waals surface area contributed by atoms with Crippen molar-refractivity contribution in [2.24, 2.45) is 5.92 Å². The molecule has 1 aromatic rings. The quantitative estimate of drug-likeness (QED) is 0.807. The first-order chi connectivity index (χ1) is 8.99. The first-order valence-electron chi connectivity index (χ1n) is 6.79. The Morgan fingerprint density at radius 1 is 1.47 bits per heavy atom. The van der Waals surface area contributed by atoms with Crippen LogP contribution < -0.4 is 11.1 Å². The highest BCUT2D eigenvalue weighted by Crippen LogP contribution is 2.26. The fourth-order valence-corrected chi connectivity index (χ4v) is 2.53. The summed E-state index contributed by atoms with van der Waals surface area (Å²) in [7, 11) is 0. The minimum absolute atomic E-state index is 0.0167. The third kappa shape index (κ3) is 4.38. The number of nitrogens with zero attached hydrogens (tertiary/aromatic N) is 2. The summed E-state index contributed by atoms with van der Waals surface area (Å²) in [5.41, 5.74) is 5.85. The molecular formula is C13H24N4OS. The predicted octanol–water partition coefficient (Wildman–Crippen LogP) is 2.67. The Morgan fingerprint density at radius 3 is 2.68 bits per heavy atom. The molecule has 0 bridgehead atoms. The van der Waals surface area contributed by atoms with Crippen LogP contribution in [-0.2, 0) is 0 Å². The molecule has 108 valence electrons. The molecule has 0 radical (unpaired) electrons. The number of rotatable bonds is 7. The number of carbonyl (C=O) groups excluding carboxylic acids is 1. The summed E-state index contributed by atoms with van der Waals surface area (Å²) in [5.74, 6) is 0.837. The molecule has 6 heteroatoms. The summed E-state index contributed by atoms with van der Waals surface area (Å²) in [5, 5.41) is 3.93. The van der Waals surface area contributed by atoms with E-state index in [1.165, 1.54) is 11.3 Å². The molecule has 5 nitrogen and oxygen atoms in total. The monoisotopic (exact) mass is 284 g/mol. The molecule has 19 heavy (non-hydrogen) atoms. The summed E-state index contributed by atoms with van der Waals surface area (Å²) in [6.07, 6.45) is 0.941. The van der Waals surface area contributed by atoms with Crippen LogP contribution in [0.2, 0.25) is 0 Å². The Kier molecular flexibility index (Phi) is 6.08. The molecule has 1 aromatic heterocycles. The van der Waals surface area contributed by atoms with Gasteiger partial charge in [-0.3, -0.25) is 4.79 Å². The zero-order valence-electron chi connectivity index (χ0n) is 12.2. The van der Waals surface area contributed by atoms with Crippen LogP contribution in [-0.4, -0.2) is 35.4 Å². The van der Waals surface area contributed by atoms with E-state index in [-0.39, 0.29) is 5.91 Å². The number of carbonyl (C=O) groups is 1. The molecule has 0 aliphatic carbocycles. The predicted molar refractivity (Wildman–Crippen MR) is 81.7 cm³/mol. The minimum Gasteiger partial charge on any atom is -0.382 e. The molecule has 1 heterocycles. The van der Waals surface area contributed by atoms with Gasteiger partial charge >= 0.3 is 0 Å². The lowest BCUT2D eigenvalue weighted by Gasteiger charge is -2.18. The zero-order chi connectivity index (χ0) is 14.4. The van der Waals surface area contributed by atoms with Crippen LogP contribution in [0.15, 0.2) is 0 Å². The van der Waals surface area contributed by atoms with Crippen molar-refractivity contribution in [3.05, 3.63) is 4.88 Å². The largest absolute Gasteiger partial charge is 0.382 e. The highest BCUT2D eigenvalue weighted by molar-refractivity contribution is 7.18. The van der Waals surface area contributed by atoms with Crippen LogP contribution in [0.4, 0.5) is 10.9 Å². The maximum absolute atomic E-state index is 12.3. The van der Waals surface area contributed by atoms with Gasteiger partial charge < -0.3 is 16.0 Å². The van der Waals surface area contributed by atoms with E-state index in [9.17, 15) is 4.79 Å². The number of nitrogens with two attached hydrogens (primary N) is 1. The molecule has 0 aliphatic heterocycles. The lowest BCUT2D eigenvalue weighted by molar-refractivity contribution is 0.0770. The van der Waals surface area contributed by atoms with Crippen molar-refractivity contribution < 1.29 is 4.79 Å². The smallest absolute Gasteiger partial charge is 0.267 e. The molecule has 0 atom stereocenters. The van der Waals surface area contributed by atoms with Gasteiger partial charge in [-0.1, -0.05) is 32.1 Å². The van der Waals surface area contributed by atoms with E-state index in [0.717, 1.165) is 24.6 Å². The molecule has 0 fully saturated rings. The van der Waals surface area contributed by atoms with Crippen LogP contribution in [0.1, 0.15) is 43.8 Å². The van der Waals surface area contributed by atoms with Gasteiger partial charge in [0.2, 0.25) is 0 Å². The van der Waals surface area contributed by atoms with Crippen LogP contribution in [0.25, 0.3) is 0 Å². The molecule has 0 aromatic carbocycles. The van der Waals surface area contributed by atoms with Gasteiger partial charge in [0.05, 0.1) is 0 Å². The number of aromatic nitrogens is 1. The first-order valence-corrected chi connectivity index (χ1v) is 7.60. The summed E-state index contributed by atoms with van der Waals surface area (Å²) in [4.78, 5) is 18.9. The topological polar surface area (TPSA) is 71.2 Å². The number of anilines is 2. The van der Waals surface area contributed by atoms with E-state index < -0.39 is 0 Å². The van der Waals surface area contributed by atoms with Gasteiger partial charge in [-0.25, -0.2) is 4.98 Å². The SMILES string of the molecule is CCCN(CC)C(=O)c1sc(NCC(C)C)nc1N. The van der Waals surface area contributed by atoms with Gasteiger partial charge in [0.15, 0.2) is 5.13 Å². The van der Waals surface area contributed by atoms with Crippen molar-refractivity contribution in [3.8, 4) is 0 Å². The second-order valence-electron chi connectivity index (χ2n) is 4.89. The number of hydrogen-bond acceptors (Lipinski definition) is 5. The fourth-order valence-electron chi connectivity index (χ4n) is 1.67. The maximum atomic E-state index is 12.3. The number of hydrogen-bond donors (Lipinski definition) is 2. The van der Waals surface area contributed by atoms with Gasteiger partial charge in [0, 0.05) is 19.6 Å². The third-order valence-corrected chi connectivity index (χ3v) is 3.69. The molecule has 0 saturated heterocycles. The second kappa shape index (κ2) is 7.33. The second-order valence-corrected chi connectivity index (χ2v) is 5.89. The van der Waals surface area contributed by atoms with Gasteiger partial charge in [0.25, 0.3) is 5.91 Å². The molecule has 0 spiro atoms.